The van der Waals surface area contributed by atoms with E-state index in [1.165, 1.54) is 0 Å². The molecule has 1 aromatic heterocycles. The lowest BCUT2D eigenvalue weighted by molar-refractivity contribution is 0.174. The molecule has 0 saturated carbocycles. The maximum Gasteiger partial charge on any atom is 0.231 e. The molecule has 0 amide bonds. The Balaban J connectivity index is 1.75. The molecule has 0 radical (unpaired) electrons. The summed E-state index contributed by atoms with van der Waals surface area (Å²) in [6.07, 6.45) is 0.637. The number of aliphatic hydroxyl groups is 1. The first-order valence-electron chi connectivity index (χ1n) is 7.33. The van der Waals surface area contributed by atoms with Gasteiger partial charge in [-0.3, -0.25) is 0 Å². The van der Waals surface area contributed by atoms with Crippen LogP contribution in [-0.2, 0) is 13.0 Å². The van der Waals surface area contributed by atoms with Crippen molar-refractivity contribution in [3.05, 3.63) is 65.5 Å². The zero-order chi connectivity index (χ0) is 15.6. The number of aromatic nitrogens is 3. The highest BCUT2D eigenvalue weighted by Crippen LogP contribution is 2.34. The maximum atomic E-state index is 9.55. The number of hydrogen-bond acceptors (Lipinski definition) is 5. The van der Waals surface area contributed by atoms with Crippen LogP contribution in [0.3, 0.4) is 0 Å². The zero-order valence-electron chi connectivity index (χ0n) is 12.3. The Bertz CT molecular complexity index is 830. The minimum absolute atomic E-state index is 0.146. The Morgan fingerprint density at radius 1 is 1.04 bits per heavy atom. The third-order valence-electron chi connectivity index (χ3n) is 3.81. The fourth-order valence-corrected chi connectivity index (χ4v) is 2.65. The van der Waals surface area contributed by atoms with Gasteiger partial charge in [-0.05, 0) is 17.7 Å². The molecule has 23 heavy (non-hydrogen) atoms. The highest BCUT2D eigenvalue weighted by molar-refractivity contribution is 5.50. The van der Waals surface area contributed by atoms with Gasteiger partial charge in [0.25, 0.3) is 0 Å². The average molecular weight is 309 g/mol. The number of aliphatic hydroxyl groups excluding tert-OH is 1. The standard InChI is InChI=1S/C17H15N3O3/c21-10-14-15(8-12-4-2-1-3-5-12)20(19-18-14)13-6-7-16-17(9-13)23-11-22-16/h1-7,9,21H,8,10-11H2. The van der Waals surface area contributed by atoms with Crippen molar-refractivity contribution in [3.8, 4) is 17.2 Å². The molecule has 0 aliphatic carbocycles. The molecule has 116 valence electrons. The average Bonchev–Trinajstić information content (AvgIpc) is 3.21. The van der Waals surface area contributed by atoms with Crippen LogP contribution in [0.1, 0.15) is 17.0 Å². The van der Waals surface area contributed by atoms with Gasteiger partial charge in [0.15, 0.2) is 11.5 Å². The summed E-state index contributed by atoms with van der Waals surface area (Å²) in [5.74, 6) is 1.41. The molecule has 1 N–H and O–H groups in total. The number of fused-ring (bicyclic) bond motifs is 1. The van der Waals surface area contributed by atoms with E-state index in [-0.39, 0.29) is 13.4 Å². The Hall–Kier alpha value is -2.86. The lowest BCUT2D eigenvalue weighted by atomic mass is 10.1. The summed E-state index contributed by atoms with van der Waals surface area (Å²) in [7, 11) is 0. The van der Waals surface area contributed by atoms with Gasteiger partial charge in [-0.2, -0.15) is 0 Å². The van der Waals surface area contributed by atoms with E-state index < -0.39 is 0 Å². The molecule has 0 atom stereocenters. The van der Waals surface area contributed by atoms with E-state index in [0.29, 0.717) is 17.9 Å². The van der Waals surface area contributed by atoms with Gasteiger partial charge in [0.2, 0.25) is 6.79 Å². The predicted molar refractivity (Wildman–Crippen MR) is 82.7 cm³/mol. The number of benzene rings is 2. The van der Waals surface area contributed by atoms with Gasteiger partial charge in [0.1, 0.15) is 5.69 Å². The molecule has 1 aliphatic rings. The highest BCUT2D eigenvalue weighted by atomic mass is 16.7. The van der Waals surface area contributed by atoms with E-state index in [1.807, 2.05) is 48.5 Å². The molecule has 0 saturated heterocycles. The maximum absolute atomic E-state index is 9.55. The third-order valence-corrected chi connectivity index (χ3v) is 3.81. The van der Waals surface area contributed by atoms with Crippen LogP contribution in [0.15, 0.2) is 48.5 Å². The molecule has 1 aliphatic heterocycles. The molecule has 2 aromatic carbocycles. The van der Waals surface area contributed by atoms with Crippen molar-refractivity contribution < 1.29 is 14.6 Å². The SMILES string of the molecule is OCc1nnn(-c2ccc3c(c2)OCO3)c1Cc1ccccc1. The Morgan fingerprint density at radius 2 is 1.87 bits per heavy atom. The molecular formula is C17H15N3O3. The van der Waals surface area contributed by atoms with E-state index in [1.54, 1.807) is 4.68 Å². The van der Waals surface area contributed by atoms with Crippen LogP contribution in [0, 0.1) is 0 Å². The fourth-order valence-electron chi connectivity index (χ4n) is 2.65. The topological polar surface area (TPSA) is 69.4 Å². The van der Waals surface area contributed by atoms with Crippen molar-refractivity contribution in [2.24, 2.45) is 0 Å². The summed E-state index contributed by atoms with van der Waals surface area (Å²) in [5.41, 5.74) is 3.39. The summed E-state index contributed by atoms with van der Waals surface area (Å²) in [5, 5.41) is 17.8. The molecule has 0 fully saturated rings. The van der Waals surface area contributed by atoms with Crippen LogP contribution < -0.4 is 9.47 Å². The summed E-state index contributed by atoms with van der Waals surface area (Å²) >= 11 is 0. The lowest BCUT2D eigenvalue weighted by Crippen LogP contribution is -2.05. The molecule has 3 aromatic rings. The Kier molecular flexibility index (Phi) is 3.44. The number of ether oxygens (including phenoxy) is 2. The van der Waals surface area contributed by atoms with Crippen molar-refractivity contribution in [2.45, 2.75) is 13.0 Å². The van der Waals surface area contributed by atoms with E-state index in [9.17, 15) is 5.11 Å². The monoisotopic (exact) mass is 309 g/mol. The first-order chi connectivity index (χ1) is 11.3. The normalized spacial score (nSPS) is 12.6. The molecule has 2 heterocycles. The van der Waals surface area contributed by atoms with Gasteiger partial charge in [-0.15, -0.1) is 5.10 Å². The van der Waals surface area contributed by atoms with E-state index >= 15 is 0 Å². The molecule has 0 spiro atoms. The van der Waals surface area contributed by atoms with E-state index in [4.69, 9.17) is 9.47 Å². The predicted octanol–water partition coefficient (Wildman–Crippen LogP) is 2.08. The van der Waals surface area contributed by atoms with Crippen LogP contribution in [0.25, 0.3) is 5.69 Å². The minimum atomic E-state index is -0.146. The van der Waals surface area contributed by atoms with Gasteiger partial charge < -0.3 is 14.6 Å². The van der Waals surface area contributed by atoms with Crippen molar-refractivity contribution >= 4 is 0 Å². The first-order valence-corrected chi connectivity index (χ1v) is 7.33. The molecule has 6 heteroatoms. The summed E-state index contributed by atoms with van der Waals surface area (Å²) in [4.78, 5) is 0. The lowest BCUT2D eigenvalue weighted by Gasteiger charge is -2.08. The largest absolute Gasteiger partial charge is 0.454 e. The summed E-state index contributed by atoms with van der Waals surface area (Å²) in [6.45, 7) is 0.0849. The molecule has 0 unspecified atom stereocenters. The van der Waals surface area contributed by atoms with Crippen LogP contribution >= 0.6 is 0 Å². The quantitative estimate of drug-likeness (QED) is 0.799. The second-order valence-electron chi connectivity index (χ2n) is 5.25. The minimum Gasteiger partial charge on any atom is -0.454 e. The summed E-state index contributed by atoms with van der Waals surface area (Å²) in [6, 6.07) is 15.7. The molecule has 0 bridgehead atoms. The van der Waals surface area contributed by atoms with Crippen LogP contribution in [0.2, 0.25) is 0 Å². The smallest absolute Gasteiger partial charge is 0.231 e. The van der Waals surface area contributed by atoms with Gasteiger partial charge >= 0.3 is 0 Å². The Labute approximate surface area is 132 Å². The van der Waals surface area contributed by atoms with Gasteiger partial charge in [-0.25, -0.2) is 4.68 Å². The second-order valence-corrected chi connectivity index (χ2v) is 5.25. The van der Waals surface area contributed by atoms with Gasteiger partial charge in [0.05, 0.1) is 18.0 Å². The molecular weight excluding hydrogens is 294 g/mol. The molecule has 4 rings (SSSR count). The highest BCUT2D eigenvalue weighted by Gasteiger charge is 2.18. The van der Waals surface area contributed by atoms with E-state index in [2.05, 4.69) is 10.3 Å². The third kappa shape index (κ3) is 2.53. The summed E-state index contributed by atoms with van der Waals surface area (Å²) < 4.78 is 12.5. The van der Waals surface area contributed by atoms with Crippen molar-refractivity contribution in [1.29, 1.82) is 0 Å². The van der Waals surface area contributed by atoms with Crippen molar-refractivity contribution in [2.75, 3.05) is 6.79 Å². The van der Waals surface area contributed by atoms with Gasteiger partial charge in [-0.1, -0.05) is 35.5 Å². The second kappa shape index (κ2) is 5.73. The van der Waals surface area contributed by atoms with Crippen LogP contribution in [0.4, 0.5) is 0 Å². The van der Waals surface area contributed by atoms with Crippen LogP contribution in [0.5, 0.6) is 11.5 Å². The Morgan fingerprint density at radius 3 is 2.70 bits per heavy atom. The number of hydrogen-bond donors (Lipinski definition) is 1. The van der Waals surface area contributed by atoms with Crippen LogP contribution in [-0.4, -0.2) is 26.9 Å². The first kappa shape index (κ1) is 13.8. The number of nitrogens with zero attached hydrogens (tertiary/aromatic N) is 3. The van der Waals surface area contributed by atoms with E-state index in [0.717, 1.165) is 22.7 Å². The van der Waals surface area contributed by atoms with Crippen molar-refractivity contribution in [1.82, 2.24) is 15.0 Å². The fraction of sp³-hybridized carbons (Fsp3) is 0.176. The number of rotatable bonds is 4. The van der Waals surface area contributed by atoms with Crippen molar-refractivity contribution in [3.63, 3.8) is 0 Å². The van der Waals surface area contributed by atoms with Gasteiger partial charge in [0, 0.05) is 12.5 Å². The zero-order valence-corrected chi connectivity index (χ0v) is 12.3. The molecule has 6 nitrogen and oxygen atoms in total.